The minimum absolute atomic E-state index is 0.121. The average Bonchev–Trinajstić information content (AvgIpc) is 2.85. The lowest BCUT2D eigenvalue weighted by atomic mass is 10.1. The van der Waals surface area contributed by atoms with E-state index in [9.17, 15) is 0 Å². The van der Waals surface area contributed by atoms with Gasteiger partial charge in [0.2, 0.25) is 0 Å². The van der Waals surface area contributed by atoms with Gasteiger partial charge in [-0.15, -0.1) is 5.10 Å². The third-order valence-electron chi connectivity index (χ3n) is 3.66. The summed E-state index contributed by atoms with van der Waals surface area (Å²) in [5, 5.41) is 9.20. The van der Waals surface area contributed by atoms with Crippen LogP contribution in [0.3, 0.4) is 0 Å². The molecule has 0 saturated carbocycles. The first kappa shape index (κ1) is 15.5. The highest BCUT2D eigenvalue weighted by Crippen LogP contribution is 2.22. The molecule has 2 heterocycles. The van der Waals surface area contributed by atoms with Gasteiger partial charge in [0, 0.05) is 24.7 Å². The van der Waals surface area contributed by atoms with Crippen LogP contribution in [0.15, 0.2) is 30.5 Å². The number of ether oxygens (including phenoxy) is 1. The highest BCUT2D eigenvalue weighted by molar-refractivity contribution is 6.30. The second-order valence-corrected chi connectivity index (χ2v) is 6.93. The van der Waals surface area contributed by atoms with E-state index in [4.69, 9.17) is 16.3 Å². The van der Waals surface area contributed by atoms with Gasteiger partial charge < -0.3 is 4.74 Å². The number of nitrogens with zero attached hydrogens (tertiary/aromatic N) is 4. The fourth-order valence-corrected chi connectivity index (χ4v) is 3.15. The Bertz CT molecular complexity index is 638. The van der Waals surface area contributed by atoms with Gasteiger partial charge in [-0.25, -0.2) is 4.68 Å². The van der Waals surface area contributed by atoms with Crippen LogP contribution in [-0.4, -0.2) is 44.7 Å². The predicted octanol–water partition coefficient (Wildman–Crippen LogP) is 2.92. The van der Waals surface area contributed by atoms with E-state index in [-0.39, 0.29) is 11.7 Å². The average molecular weight is 321 g/mol. The number of benzene rings is 1. The van der Waals surface area contributed by atoms with Crippen LogP contribution in [0.5, 0.6) is 0 Å². The van der Waals surface area contributed by atoms with Gasteiger partial charge in [0.05, 0.1) is 29.3 Å². The zero-order valence-electron chi connectivity index (χ0n) is 13.2. The monoisotopic (exact) mass is 320 g/mol. The maximum Gasteiger partial charge on any atom is 0.0971 e. The third kappa shape index (κ3) is 3.66. The zero-order valence-corrected chi connectivity index (χ0v) is 13.9. The van der Waals surface area contributed by atoms with Gasteiger partial charge in [0.1, 0.15) is 0 Å². The van der Waals surface area contributed by atoms with E-state index in [1.807, 2.05) is 30.5 Å². The van der Waals surface area contributed by atoms with E-state index in [2.05, 4.69) is 36.0 Å². The van der Waals surface area contributed by atoms with E-state index in [0.29, 0.717) is 5.02 Å². The Labute approximate surface area is 135 Å². The lowest BCUT2D eigenvalue weighted by molar-refractivity contribution is -0.130. The summed E-state index contributed by atoms with van der Waals surface area (Å²) in [6, 6.07) is 7.57. The summed E-state index contributed by atoms with van der Waals surface area (Å²) >= 11 is 5.91. The van der Waals surface area contributed by atoms with Crippen molar-refractivity contribution in [2.75, 3.05) is 13.1 Å². The Kier molecular flexibility index (Phi) is 4.21. The number of hydrogen-bond donors (Lipinski definition) is 0. The molecule has 0 spiro atoms. The van der Waals surface area contributed by atoms with Gasteiger partial charge in [0.15, 0.2) is 0 Å². The molecule has 5 nitrogen and oxygen atoms in total. The molecule has 1 aromatic heterocycles. The van der Waals surface area contributed by atoms with E-state index >= 15 is 0 Å². The zero-order chi connectivity index (χ0) is 15.7. The van der Waals surface area contributed by atoms with Crippen LogP contribution >= 0.6 is 11.6 Å². The molecule has 0 unspecified atom stereocenters. The van der Waals surface area contributed by atoms with Crippen molar-refractivity contribution in [3.05, 3.63) is 41.2 Å². The first-order valence-corrected chi connectivity index (χ1v) is 7.86. The minimum atomic E-state index is -0.121. The SMILES string of the molecule is C[C@H]1CN(Cc2cn(-c3ccc(Cl)cc3)nn2)CC(C)(C)O1. The summed E-state index contributed by atoms with van der Waals surface area (Å²) in [5.74, 6) is 0. The predicted molar refractivity (Wildman–Crippen MR) is 86.3 cm³/mol. The second kappa shape index (κ2) is 5.99. The number of morpholine rings is 1. The Morgan fingerprint density at radius 3 is 2.73 bits per heavy atom. The molecule has 0 bridgehead atoms. The number of rotatable bonds is 3. The molecule has 1 aliphatic heterocycles. The van der Waals surface area contributed by atoms with Crippen molar-refractivity contribution in [2.24, 2.45) is 0 Å². The summed E-state index contributed by atoms with van der Waals surface area (Å²) < 4.78 is 7.71. The van der Waals surface area contributed by atoms with Gasteiger partial charge in [-0.05, 0) is 45.0 Å². The van der Waals surface area contributed by atoms with Crippen molar-refractivity contribution in [3.8, 4) is 5.69 Å². The van der Waals surface area contributed by atoms with Crippen LogP contribution in [0.25, 0.3) is 5.69 Å². The highest BCUT2D eigenvalue weighted by Gasteiger charge is 2.31. The first-order chi connectivity index (χ1) is 10.4. The smallest absolute Gasteiger partial charge is 0.0971 e. The van der Waals surface area contributed by atoms with Crippen molar-refractivity contribution < 1.29 is 4.74 Å². The molecule has 0 amide bonds. The minimum Gasteiger partial charge on any atom is -0.370 e. The maximum atomic E-state index is 5.93. The van der Waals surface area contributed by atoms with Crippen LogP contribution in [0.4, 0.5) is 0 Å². The summed E-state index contributed by atoms with van der Waals surface area (Å²) in [7, 11) is 0. The van der Waals surface area contributed by atoms with Crippen LogP contribution in [0.1, 0.15) is 26.5 Å². The fraction of sp³-hybridized carbons (Fsp3) is 0.500. The van der Waals surface area contributed by atoms with Gasteiger partial charge >= 0.3 is 0 Å². The van der Waals surface area contributed by atoms with Crippen LogP contribution in [0, 0.1) is 0 Å². The molecule has 1 aromatic carbocycles. The molecule has 6 heteroatoms. The van der Waals surface area contributed by atoms with Crippen LogP contribution < -0.4 is 0 Å². The second-order valence-electron chi connectivity index (χ2n) is 6.49. The molecule has 0 radical (unpaired) electrons. The quantitative estimate of drug-likeness (QED) is 0.872. The Hall–Kier alpha value is -1.43. The molecule has 1 aliphatic rings. The molecule has 1 saturated heterocycles. The van der Waals surface area contributed by atoms with E-state index in [0.717, 1.165) is 31.0 Å². The van der Waals surface area contributed by atoms with E-state index < -0.39 is 0 Å². The Morgan fingerprint density at radius 1 is 1.32 bits per heavy atom. The summed E-state index contributed by atoms with van der Waals surface area (Å²) in [6.45, 7) is 8.95. The summed E-state index contributed by atoms with van der Waals surface area (Å²) in [4.78, 5) is 2.37. The molecule has 1 fully saturated rings. The standard InChI is InChI=1S/C16H21ClN4O/c1-12-8-20(11-16(2,3)22-12)9-14-10-21(19-18-14)15-6-4-13(17)5-7-15/h4-7,10,12H,8-9,11H2,1-3H3/t12-/m0/s1. The molecule has 0 aliphatic carbocycles. The van der Waals surface area contributed by atoms with E-state index in [1.54, 1.807) is 4.68 Å². The normalized spacial score (nSPS) is 21.9. The molecular weight excluding hydrogens is 300 g/mol. The summed E-state index contributed by atoms with van der Waals surface area (Å²) in [5.41, 5.74) is 1.79. The summed E-state index contributed by atoms with van der Waals surface area (Å²) in [6.07, 6.45) is 2.20. The first-order valence-electron chi connectivity index (χ1n) is 7.49. The van der Waals surface area contributed by atoms with Gasteiger partial charge in [-0.3, -0.25) is 4.90 Å². The molecule has 0 N–H and O–H groups in total. The topological polar surface area (TPSA) is 43.2 Å². The Morgan fingerprint density at radius 2 is 2.05 bits per heavy atom. The number of aromatic nitrogens is 3. The third-order valence-corrected chi connectivity index (χ3v) is 3.91. The van der Waals surface area contributed by atoms with Crippen LogP contribution in [-0.2, 0) is 11.3 Å². The van der Waals surface area contributed by atoms with E-state index in [1.165, 1.54) is 0 Å². The molecular formula is C16H21ClN4O. The van der Waals surface area contributed by atoms with Crippen LogP contribution in [0.2, 0.25) is 5.02 Å². The fourth-order valence-electron chi connectivity index (χ4n) is 3.03. The van der Waals surface area contributed by atoms with Crippen molar-refractivity contribution in [3.63, 3.8) is 0 Å². The molecule has 3 rings (SSSR count). The molecule has 2 aromatic rings. The van der Waals surface area contributed by atoms with Gasteiger partial charge in [0.25, 0.3) is 0 Å². The lowest BCUT2D eigenvalue weighted by Gasteiger charge is -2.41. The van der Waals surface area contributed by atoms with Gasteiger partial charge in [-0.2, -0.15) is 0 Å². The molecule has 22 heavy (non-hydrogen) atoms. The van der Waals surface area contributed by atoms with Crippen molar-refractivity contribution in [1.82, 2.24) is 19.9 Å². The molecule has 118 valence electrons. The maximum absolute atomic E-state index is 5.93. The van der Waals surface area contributed by atoms with Crippen molar-refractivity contribution >= 4 is 11.6 Å². The number of halogens is 1. The Balaban J connectivity index is 1.70. The highest BCUT2D eigenvalue weighted by atomic mass is 35.5. The van der Waals surface area contributed by atoms with Crippen molar-refractivity contribution in [2.45, 2.75) is 39.0 Å². The molecule has 1 atom stereocenters. The number of hydrogen-bond acceptors (Lipinski definition) is 4. The largest absolute Gasteiger partial charge is 0.370 e. The lowest BCUT2D eigenvalue weighted by Crippen LogP contribution is -2.51. The van der Waals surface area contributed by atoms with Crippen molar-refractivity contribution in [1.29, 1.82) is 0 Å². The van der Waals surface area contributed by atoms with Gasteiger partial charge in [-0.1, -0.05) is 16.8 Å².